The van der Waals surface area contributed by atoms with Crippen LogP contribution in [0.3, 0.4) is 0 Å². The molecule has 158 valence electrons. The van der Waals surface area contributed by atoms with Crippen molar-refractivity contribution in [2.45, 2.75) is 27.7 Å². The number of aryl methyl sites for hydroxylation is 4. The molecule has 2 aromatic carbocycles. The molecule has 3 N–H and O–H groups in total. The van der Waals surface area contributed by atoms with E-state index in [1.165, 1.54) is 0 Å². The first kappa shape index (κ1) is 20.5. The first-order chi connectivity index (χ1) is 14.8. The van der Waals surface area contributed by atoms with Crippen molar-refractivity contribution in [2.75, 3.05) is 11.9 Å². The van der Waals surface area contributed by atoms with Gasteiger partial charge in [-0.05, 0) is 68.1 Å². The molecule has 6 nitrogen and oxygen atoms in total. The summed E-state index contributed by atoms with van der Waals surface area (Å²) in [6.45, 7) is 7.98. The number of fused-ring (bicyclic) bond motifs is 1. The molecule has 0 bridgehead atoms. The van der Waals surface area contributed by atoms with E-state index < -0.39 is 5.91 Å². The fourth-order valence-corrected chi connectivity index (χ4v) is 3.91. The maximum absolute atomic E-state index is 11.4. The Morgan fingerprint density at radius 1 is 1.03 bits per heavy atom. The molecule has 0 aliphatic heterocycles. The Bertz CT molecular complexity index is 1270. The topological polar surface area (TPSA) is 81.7 Å². The molecule has 0 radical (unpaired) electrons. The number of carbonyl (C=O) groups excluding carboxylic acids is 1. The van der Waals surface area contributed by atoms with Crippen LogP contribution in [0.15, 0.2) is 54.7 Å². The Kier molecular flexibility index (Phi) is 5.38. The lowest BCUT2D eigenvalue weighted by atomic mass is 10.0. The van der Waals surface area contributed by atoms with Gasteiger partial charge in [-0.3, -0.25) is 9.20 Å². The summed E-state index contributed by atoms with van der Waals surface area (Å²) >= 11 is 0. The van der Waals surface area contributed by atoms with Crippen molar-refractivity contribution in [2.24, 2.45) is 5.73 Å². The molecule has 1 amide bonds. The third-order valence-electron chi connectivity index (χ3n) is 5.30. The fraction of sp³-hybridized carbons (Fsp3) is 0.200. The van der Waals surface area contributed by atoms with Crippen LogP contribution in [-0.4, -0.2) is 21.9 Å². The molecule has 6 heteroatoms. The van der Waals surface area contributed by atoms with E-state index in [1.54, 1.807) is 0 Å². The van der Waals surface area contributed by atoms with E-state index in [4.69, 9.17) is 15.5 Å². The first-order valence-electron chi connectivity index (χ1n) is 10.2. The van der Waals surface area contributed by atoms with Crippen molar-refractivity contribution >= 4 is 23.1 Å². The summed E-state index contributed by atoms with van der Waals surface area (Å²) in [5.41, 5.74) is 13.1. The van der Waals surface area contributed by atoms with Crippen LogP contribution in [0.5, 0.6) is 5.75 Å². The van der Waals surface area contributed by atoms with Crippen molar-refractivity contribution in [1.29, 1.82) is 0 Å². The third kappa shape index (κ3) is 3.97. The number of para-hydroxylation sites is 1. The molecule has 0 saturated carbocycles. The maximum Gasteiger partial charge on any atom is 0.255 e. The van der Waals surface area contributed by atoms with Crippen molar-refractivity contribution < 1.29 is 9.53 Å². The predicted octanol–water partition coefficient (Wildman–Crippen LogP) is 4.84. The number of benzene rings is 2. The van der Waals surface area contributed by atoms with Crippen molar-refractivity contribution in [3.8, 4) is 17.0 Å². The van der Waals surface area contributed by atoms with Crippen molar-refractivity contribution in [3.63, 3.8) is 0 Å². The number of primary amides is 1. The van der Waals surface area contributed by atoms with Gasteiger partial charge in [-0.1, -0.05) is 30.3 Å². The molecule has 0 unspecified atom stereocenters. The van der Waals surface area contributed by atoms with Crippen LogP contribution in [0.2, 0.25) is 0 Å². The molecule has 2 aromatic heterocycles. The lowest BCUT2D eigenvalue weighted by molar-refractivity contribution is -0.119. The van der Waals surface area contributed by atoms with E-state index in [2.05, 4.69) is 37.4 Å². The maximum atomic E-state index is 11.4. The molecule has 2 heterocycles. The van der Waals surface area contributed by atoms with E-state index in [-0.39, 0.29) is 6.61 Å². The Hall–Kier alpha value is -3.80. The van der Waals surface area contributed by atoms with Gasteiger partial charge in [-0.2, -0.15) is 0 Å². The lowest BCUT2D eigenvalue weighted by Gasteiger charge is -2.17. The second-order valence-electron chi connectivity index (χ2n) is 7.84. The Morgan fingerprint density at radius 3 is 2.48 bits per heavy atom. The highest BCUT2D eigenvalue weighted by Crippen LogP contribution is 2.40. The monoisotopic (exact) mass is 414 g/mol. The molecule has 31 heavy (non-hydrogen) atoms. The number of ether oxygens (including phenoxy) is 1. The van der Waals surface area contributed by atoms with Crippen LogP contribution in [0.25, 0.3) is 16.9 Å². The summed E-state index contributed by atoms with van der Waals surface area (Å²) in [4.78, 5) is 16.3. The summed E-state index contributed by atoms with van der Waals surface area (Å²) in [5, 5.41) is 3.62. The van der Waals surface area contributed by atoms with Gasteiger partial charge in [0.1, 0.15) is 22.9 Å². The highest BCUT2D eigenvalue weighted by Gasteiger charge is 2.21. The number of rotatable bonds is 6. The van der Waals surface area contributed by atoms with Crippen molar-refractivity contribution in [1.82, 2.24) is 9.38 Å². The van der Waals surface area contributed by atoms with Crippen LogP contribution < -0.4 is 15.8 Å². The molecular formula is C25H26N4O2. The molecule has 4 aromatic rings. The normalized spacial score (nSPS) is 11.0. The summed E-state index contributed by atoms with van der Waals surface area (Å²) in [6, 6.07) is 16.1. The lowest BCUT2D eigenvalue weighted by Crippen LogP contribution is -2.20. The van der Waals surface area contributed by atoms with E-state index >= 15 is 0 Å². The Morgan fingerprint density at radius 2 is 1.77 bits per heavy atom. The van der Waals surface area contributed by atoms with E-state index in [0.717, 1.165) is 50.7 Å². The predicted molar refractivity (Wildman–Crippen MR) is 124 cm³/mol. The average Bonchev–Trinajstić information content (AvgIpc) is 3.06. The highest BCUT2D eigenvalue weighted by molar-refractivity contribution is 5.86. The molecule has 4 rings (SSSR count). The number of carbonyl (C=O) groups is 1. The van der Waals surface area contributed by atoms with Gasteiger partial charge in [0.15, 0.2) is 6.61 Å². The Balaban J connectivity index is 1.95. The van der Waals surface area contributed by atoms with E-state index in [0.29, 0.717) is 5.75 Å². The highest BCUT2D eigenvalue weighted by atomic mass is 16.5. The van der Waals surface area contributed by atoms with Gasteiger partial charge in [-0.15, -0.1) is 0 Å². The number of aromatic nitrogens is 2. The van der Waals surface area contributed by atoms with E-state index in [1.807, 2.05) is 54.8 Å². The quantitative estimate of drug-likeness (QED) is 0.473. The third-order valence-corrected chi connectivity index (χ3v) is 5.30. The van der Waals surface area contributed by atoms with Gasteiger partial charge < -0.3 is 15.8 Å². The average molecular weight is 415 g/mol. The number of nitrogens with zero attached hydrogens (tertiary/aromatic N) is 2. The SMILES string of the molecule is Cc1cc(C)c(-c2nc3ccccn3c2Nc2c(C)cccc2C)c(OCC(N)=O)c1. The molecule has 0 aliphatic rings. The number of imidazole rings is 1. The second-order valence-corrected chi connectivity index (χ2v) is 7.84. The van der Waals surface area contributed by atoms with Crippen LogP contribution in [0.1, 0.15) is 22.3 Å². The van der Waals surface area contributed by atoms with Gasteiger partial charge in [0, 0.05) is 17.4 Å². The van der Waals surface area contributed by atoms with Gasteiger partial charge in [0.25, 0.3) is 5.91 Å². The van der Waals surface area contributed by atoms with Gasteiger partial charge in [0.2, 0.25) is 0 Å². The molecule has 0 spiro atoms. The van der Waals surface area contributed by atoms with Crippen LogP contribution in [0.4, 0.5) is 11.5 Å². The zero-order valence-electron chi connectivity index (χ0n) is 18.2. The van der Waals surface area contributed by atoms with Gasteiger partial charge in [0.05, 0.1) is 0 Å². The summed E-state index contributed by atoms with van der Waals surface area (Å²) in [7, 11) is 0. The summed E-state index contributed by atoms with van der Waals surface area (Å²) in [5.74, 6) is 0.905. The number of nitrogens with one attached hydrogen (secondary N) is 1. The molecule has 0 fully saturated rings. The van der Waals surface area contributed by atoms with Gasteiger partial charge in [-0.25, -0.2) is 4.98 Å². The number of anilines is 2. The Labute approximate surface area is 181 Å². The first-order valence-corrected chi connectivity index (χ1v) is 10.2. The van der Waals surface area contributed by atoms with Crippen LogP contribution in [-0.2, 0) is 4.79 Å². The molecule has 0 saturated heterocycles. The number of hydrogen-bond acceptors (Lipinski definition) is 4. The summed E-state index contributed by atoms with van der Waals surface area (Å²) < 4.78 is 7.84. The van der Waals surface area contributed by atoms with E-state index in [9.17, 15) is 4.79 Å². The smallest absolute Gasteiger partial charge is 0.255 e. The zero-order valence-corrected chi connectivity index (χ0v) is 18.2. The minimum Gasteiger partial charge on any atom is -0.483 e. The minimum atomic E-state index is -0.519. The second kappa shape index (κ2) is 8.14. The van der Waals surface area contributed by atoms with Crippen LogP contribution >= 0.6 is 0 Å². The van der Waals surface area contributed by atoms with Crippen molar-refractivity contribution in [3.05, 3.63) is 77.0 Å². The largest absolute Gasteiger partial charge is 0.483 e. The number of pyridine rings is 1. The molecule has 0 atom stereocenters. The molecular weight excluding hydrogens is 388 g/mol. The number of hydrogen-bond donors (Lipinski definition) is 2. The van der Waals surface area contributed by atoms with Crippen LogP contribution in [0, 0.1) is 27.7 Å². The standard InChI is InChI=1S/C25H26N4O2/c1-15-12-18(4)22(19(13-15)31-14-20(26)30)24-25(29-11-6-5-10-21(29)27-24)28-23-16(2)8-7-9-17(23)3/h5-13,28H,14H2,1-4H3,(H2,26,30). The fourth-order valence-electron chi connectivity index (χ4n) is 3.91. The van der Waals surface area contributed by atoms with Gasteiger partial charge >= 0.3 is 0 Å². The zero-order chi connectivity index (χ0) is 22.1. The minimum absolute atomic E-state index is 0.192. The number of nitrogens with two attached hydrogens (primary N) is 1. The number of amides is 1. The molecule has 0 aliphatic carbocycles. The summed E-state index contributed by atoms with van der Waals surface area (Å²) in [6.07, 6.45) is 1.98.